The Kier molecular flexibility index (Phi) is 6.32. The maximum Gasteiger partial charge on any atom is 0.173 e. The summed E-state index contributed by atoms with van der Waals surface area (Å²) >= 11 is 1.68. The molecule has 170 valence electrons. The van der Waals surface area contributed by atoms with Crippen molar-refractivity contribution in [3.05, 3.63) is 88.1 Å². The molecule has 0 radical (unpaired) electrons. The number of methoxy groups -OCH3 is 1. The number of benzene rings is 2. The number of thiophene rings is 1. The first-order valence-corrected chi connectivity index (χ1v) is 11.8. The number of hydrogen-bond donors (Lipinski definition) is 0. The number of anilines is 1. The zero-order valence-corrected chi connectivity index (χ0v) is 19.2. The quantitative estimate of drug-likeness (QED) is 0.414. The normalized spacial score (nSPS) is 15.5. The lowest BCUT2D eigenvalue weighted by molar-refractivity contribution is 0.201. The van der Waals surface area contributed by atoms with Gasteiger partial charge in [-0.3, -0.25) is 4.90 Å². The van der Waals surface area contributed by atoms with Gasteiger partial charge in [0.25, 0.3) is 0 Å². The second-order valence-corrected chi connectivity index (χ2v) is 8.98. The molecule has 0 spiro atoms. The predicted molar refractivity (Wildman–Crippen MR) is 126 cm³/mol. The summed E-state index contributed by atoms with van der Waals surface area (Å²) in [4.78, 5) is 5.93. The number of tetrazole rings is 1. The lowest BCUT2D eigenvalue weighted by Gasteiger charge is -2.40. The highest BCUT2D eigenvalue weighted by Gasteiger charge is 2.31. The lowest BCUT2D eigenvalue weighted by Crippen LogP contribution is -2.48. The number of aromatic nitrogens is 4. The maximum absolute atomic E-state index is 13.7. The number of nitrogens with zero attached hydrogens (tertiary/aromatic N) is 6. The monoisotopic (exact) mass is 464 g/mol. The van der Waals surface area contributed by atoms with Gasteiger partial charge < -0.3 is 9.64 Å². The Hall–Kier alpha value is -3.30. The third kappa shape index (κ3) is 4.74. The Bertz CT molecular complexity index is 1150. The Morgan fingerprint density at radius 2 is 1.76 bits per heavy atom. The molecule has 1 aliphatic rings. The number of hydrogen-bond acceptors (Lipinski definition) is 7. The number of rotatable bonds is 7. The molecule has 2 aromatic carbocycles. The molecule has 0 saturated carbocycles. The molecule has 7 nitrogen and oxygen atoms in total. The Labute approximate surface area is 196 Å². The average Bonchev–Trinajstić information content (AvgIpc) is 3.54. The molecule has 33 heavy (non-hydrogen) atoms. The van der Waals surface area contributed by atoms with E-state index in [9.17, 15) is 4.39 Å². The van der Waals surface area contributed by atoms with Gasteiger partial charge >= 0.3 is 0 Å². The SMILES string of the molecule is COc1ccc(N2CCN(C(c3ccc(F)cc3)c3nnnn3Cc3cccs3)CC2)cc1. The molecule has 5 rings (SSSR count). The van der Waals surface area contributed by atoms with Crippen LogP contribution >= 0.6 is 11.3 Å². The summed E-state index contributed by atoms with van der Waals surface area (Å²) in [6.07, 6.45) is 0. The van der Waals surface area contributed by atoms with Crippen LogP contribution in [0, 0.1) is 5.82 Å². The molecule has 9 heteroatoms. The van der Waals surface area contributed by atoms with Crippen LogP contribution in [0.4, 0.5) is 10.1 Å². The molecule has 2 aromatic heterocycles. The fourth-order valence-corrected chi connectivity index (χ4v) is 4.96. The summed E-state index contributed by atoms with van der Waals surface area (Å²) in [5.41, 5.74) is 2.16. The standard InChI is InChI=1S/C24H25FN6OS/c1-32-21-10-8-20(9-11-21)29-12-14-30(15-13-29)23(18-4-6-19(25)7-5-18)24-26-27-28-31(24)17-22-3-2-16-33-22/h2-11,16,23H,12-15,17H2,1H3. The van der Waals surface area contributed by atoms with E-state index in [0.29, 0.717) is 6.54 Å². The van der Waals surface area contributed by atoms with Crippen molar-refractivity contribution >= 4 is 17.0 Å². The average molecular weight is 465 g/mol. The van der Waals surface area contributed by atoms with Crippen LogP contribution in [0.25, 0.3) is 0 Å². The van der Waals surface area contributed by atoms with Gasteiger partial charge in [-0.05, 0) is 63.8 Å². The second-order valence-electron chi connectivity index (χ2n) is 7.95. The first kappa shape index (κ1) is 21.5. The summed E-state index contributed by atoms with van der Waals surface area (Å²) in [6, 6.07) is 18.8. The third-order valence-electron chi connectivity index (χ3n) is 5.99. The lowest BCUT2D eigenvalue weighted by atomic mass is 10.0. The van der Waals surface area contributed by atoms with Gasteiger partial charge in [-0.25, -0.2) is 9.07 Å². The van der Waals surface area contributed by atoms with E-state index in [1.165, 1.54) is 22.7 Å². The minimum Gasteiger partial charge on any atom is -0.497 e. The van der Waals surface area contributed by atoms with Crippen molar-refractivity contribution in [2.75, 3.05) is 38.2 Å². The van der Waals surface area contributed by atoms with Crippen LogP contribution in [0.15, 0.2) is 66.0 Å². The van der Waals surface area contributed by atoms with Crippen molar-refractivity contribution in [2.24, 2.45) is 0 Å². The molecular formula is C24H25FN6OS. The van der Waals surface area contributed by atoms with Crippen LogP contribution in [0.3, 0.4) is 0 Å². The highest BCUT2D eigenvalue weighted by Crippen LogP contribution is 2.30. The third-order valence-corrected chi connectivity index (χ3v) is 6.85. The molecule has 4 aromatic rings. The molecule has 1 unspecified atom stereocenters. The number of piperazine rings is 1. The Balaban J connectivity index is 1.39. The smallest absolute Gasteiger partial charge is 0.173 e. The Morgan fingerprint density at radius 1 is 1.00 bits per heavy atom. The van der Waals surface area contributed by atoms with Gasteiger partial charge in [-0.15, -0.1) is 16.4 Å². The zero-order valence-electron chi connectivity index (χ0n) is 18.3. The van der Waals surface area contributed by atoms with Crippen LogP contribution in [-0.2, 0) is 6.54 Å². The predicted octanol–water partition coefficient (Wildman–Crippen LogP) is 3.84. The van der Waals surface area contributed by atoms with Crippen molar-refractivity contribution in [3.8, 4) is 5.75 Å². The van der Waals surface area contributed by atoms with Gasteiger partial charge in [0.2, 0.25) is 0 Å². The fraction of sp³-hybridized carbons (Fsp3) is 0.292. The van der Waals surface area contributed by atoms with Crippen molar-refractivity contribution in [3.63, 3.8) is 0 Å². The van der Waals surface area contributed by atoms with Gasteiger partial charge in [0.05, 0.1) is 19.7 Å². The van der Waals surface area contributed by atoms with E-state index in [4.69, 9.17) is 4.74 Å². The van der Waals surface area contributed by atoms with Crippen molar-refractivity contribution < 1.29 is 9.13 Å². The maximum atomic E-state index is 13.7. The van der Waals surface area contributed by atoms with E-state index < -0.39 is 0 Å². The molecule has 3 heterocycles. The number of halogens is 1. The van der Waals surface area contributed by atoms with Crippen LogP contribution in [-0.4, -0.2) is 58.4 Å². The fourth-order valence-electron chi connectivity index (χ4n) is 4.27. The summed E-state index contributed by atoms with van der Waals surface area (Å²) in [6.45, 7) is 4.02. The topological polar surface area (TPSA) is 59.3 Å². The summed E-state index contributed by atoms with van der Waals surface area (Å²) in [5.74, 6) is 1.37. The molecule has 0 N–H and O–H groups in total. The molecular weight excluding hydrogens is 439 g/mol. The van der Waals surface area contributed by atoms with Crippen LogP contribution < -0.4 is 9.64 Å². The minimum absolute atomic E-state index is 0.154. The van der Waals surface area contributed by atoms with E-state index in [1.54, 1.807) is 18.4 Å². The molecule has 1 saturated heterocycles. The second kappa shape index (κ2) is 9.68. The number of ether oxygens (including phenoxy) is 1. The molecule has 1 atom stereocenters. The van der Waals surface area contributed by atoms with Crippen LogP contribution in [0.1, 0.15) is 22.3 Å². The summed E-state index contributed by atoms with van der Waals surface area (Å²) in [7, 11) is 1.68. The molecule has 0 amide bonds. The molecule has 1 aliphatic heterocycles. The molecule has 1 fully saturated rings. The van der Waals surface area contributed by atoms with E-state index in [-0.39, 0.29) is 11.9 Å². The van der Waals surface area contributed by atoms with Crippen LogP contribution in [0.5, 0.6) is 5.75 Å². The summed E-state index contributed by atoms with van der Waals surface area (Å²) in [5, 5.41) is 14.7. The Morgan fingerprint density at radius 3 is 2.42 bits per heavy atom. The van der Waals surface area contributed by atoms with E-state index >= 15 is 0 Å². The van der Waals surface area contributed by atoms with Gasteiger partial charge in [0, 0.05) is 36.7 Å². The van der Waals surface area contributed by atoms with E-state index in [2.05, 4.69) is 48.9 Å². The van der Waals surface area contributed by atoms with E-state index in [1.807, 2.05) is 35.0 Å². The largest absolute Gasteiger partial charge is 0.497 e. The van der Waals surface area contributed by atoms with E-state index in [0.717, 1.165) is 43.3 Å². The van der Waals surface area contributed by atoms with Gasteiger partial charge in [0.1, 0.15) is 11.6 Å². The van der Waals surface area contributed by atoms with Crippen molar-refractivity contribution in [2.45, 2.75) is 12.6 Å². The van der Waals surface area contributed by atoms with Crippen molar-refractivity contribution in [1.82, 2.24) is 25.1 Å². The minimum atomic E-state index is -0.250. The highest BCUT2D eigenvalue weighted by atomic mass is 32.1. The molecule has 0 bridgehead atoms. The first-order chi connectivity index (χ1) is 16.2. The summed E-state index contributed by atoms with van der Waals surface area (Å²) < 4.78 is 20.8. The highest BCUT2D eigenvalue weighted by molar-refractivity contribution is 7.09. The van der Waals surface area contributed by atoms with Crippen molar-refractivity contribution in [1.29, 1.82) is 0 Å². The zero-order chi connectivity index (χ0) is 22.6. The van der Waals surface area contributed by atoms with Gasteiger partial charge in [-0.2, -0.15) is 0 Å². The molecule has 0 aliphatic carbocycles. The van der Waals surface area contributed by atoms with Gasteiger partial charge in [-0.1, -0.05) is 18.2 Å². The van der Waals surface area contributed by atoms with Crippen LogP contribution in [0.2, 0.25) is 0 Å². The van der Waals surface area contributed by atoms with Gasteiger partial charge in [0.15, 0.2) is 5.82 Å². The first-order valence-electron chi connectivity index (χ1n) is 10.9.